The lowest BCUT2D eigenvalue weighted by molar-refractivity contribution is -0.131. The lowest BCUT2D eigenvalue weighted by Crippen LogP contribution is -2.26. The number of benzene rings is 1. The van der Waals surface area contributed by atoms with Crippen molar-refractivity contribution in [3.63, 3.8) is 0 Å². The van der Waals surface area contributed by atoms with Crippen molar-refractivity contribution in [1.82, 2.24) is 0 Å². The fourth-order valence-electron chi connectivity index (χ4n) is 5.23. The topological polar surface area (TPSA) is 37.3 Å². The van der Waals surface area contributed by atoms with E-state index in [0.717, 1.165) is 29.2 Å². The summed E-state index contributed by atoms with van der Waals surface area (Å²) in [7, 11) is 0. The van der Waals surface area contributed by atoms with E-state index in [4.69, 9.17) is 16.7 Å². The van der Waals surface area contributed by atoms with Gasteiger partial charge in [-0.1, -0.05) is 42.7 Å². The molecule has 2 aliphatic rings. The highest BCUT2D eigenvalue weighted by Gasteiger charge is 2.30. The number of aryl methyl sites for hydroxylation is 1. The smallest absolute Gasteiger partial charge is 0.327 e. The van der Waals surface area contributed by atoms with Crippen molar-refractivity contribution in [2.24, 2.45) is 23.7 Å². The number of hydrogen-bond acceptors (Lipinski definition) is 1. The van der Waals surface area contributed by atoms with Crippen LogP contribution in [0.25, 0.3) is 0 Å². The van der Waals surface area contributed by atoms with Gasteiger partial charge in [-0.15, -0.1) is 0 Å². The molecule has 0 atom stereocenters. The molecule has 3 heteroatoms. The summed E-state index contributed by atoms with van der Waals surface area (Å²) in [6, 6.07) is 8.33. The van der Waals surface area contributed by atoms with Gasteiger partial charge < -0.3 is 5.11 Å². The number of rotatable bonds is 7. The van der Waals surface area contributed by atoms with Crippen molar-refractivity contribution in [3.05, 3.63) is 47.0 Å². The molecular formula is C24H33ClO2. The monoisotopic (exact) mass is 388 g/mol. The van der Waals surface area contributed by atoms with E-state index in [1.54, 1.807) is 0 Å². The summed E-state index contributed by atoms with van der Waals surface area (Å²) in [5.41, 5.74) is 1.41. The lowest BCUT2D eigenvalue weighted by Gasteiger charge is -2.37. The van der Waals surface area contributed by atoms with Gasteiger partial charge in [0.1, 0.15) is 0 Å². The van der Waals surface area contributed by atoms with Crippen LogP contribution in [0.3, 0.4) is 0 Å². The van der Waals surface area contributed by atoms with E-state index in [2.05, 4.69) is 12.1 Å². The van der Waals surface area contributed by atoms with Gasteiger partial charge in [-0.2, -0.15) is 0 Å². The molecule has 2 fully saturated rings. The van der Waals surface area contributed by atoms with Gasteiger partial charge in [0, 0.05) is 11.1 Å². The average Bonchev–Trinajstić information content (AvgIpc) is 2.68. The van der Waals surface area contributed by atoms with Crippen LogP contribution in [-0.2, 0) is 11.2 Å². The van der Waals surface area contributed by atoms with E-state index in [-0.39, 0.29) is 0 Å². The molecule has 0 radical (unpaired) electrons. The Bertz CT molecular complexity index is 606. The van der Waals surface area contributed by atoms with E-state index in [1.165, 1.54) is 75.8 Å². The summed E-state index contributed by atoms with van der Waals surface area (Å²) in [5.74, 6) is 2.63. The van der Waals surface area contributed by atoms with E-state index < -0.39 is 5.97 Å². The van der Waals surface area contributed by atoms with Gasteiger partial charge in [0.05, 0.1) is 0 Å². The molecule has 1 aromatic carbocycles. The second-order valence-electron chi connectivity index (χ2n) is 8.70. The molecule has 0 aromatic heterocycles. The van der Waals surface area contributed by atoms with Crippen LogP contribution in [0.1, 0.15) is 69.8 Å². The fraction of sp³-hybridized carbons (Fsp3) is 0.625. The SMILES string of the molecule is O=C(O)/C=C/CC1CCC(C2CCC(CCc3ccc(Cl)cc3)CC2)CC1. The first kappa shape index (κ1) is 20.5. The van der Waals surface area contributed by atoms with E-state index >= 15 is 0 Å². The first-order valence-corrected chi connectivity index (χ1v) is 11.1. The van der Waals surface area contributed by atoms with Gasteiger partial charge in [0.25, 0.3) is 0 Å². The first-order valence-electron chi connectivity index (χ1n) is 10.7. The number of carboxylic acids is 1. The Morgan fingerprint density at radius 2 is 1.48 bits per heavy atom. The largest absolute Gasteiger partial charge is 0.478 e. The van der Waals surface area contributed by atoms with Crippen molar-refractivity contribution >= 4 is 17.6 Å². The summed E-state index contributed by atoms with van der Waals surface area (Å²) in [4.78, 5) is 10.6. The normalized spacial score (nSPS) is 29.1. The van der Waals surface area contributed by atoms with Crippen molar-refractivity contribution in [1.29, 1.82) is 0 Å². The Morgan fingerprint density at radius 3 is 2.04 bits per heavy atom. The maximum Gasteiger partial charge on any atom is 0.327 e. The predicted molar refractivity (Wildman–Crippen MR) is 112 cm³/mol. The molecule has 2 saturated carbocycles. The summed E-state index contributed by atoms with van der Waals surface area (Å²) in [6.07, 6.45) is 17.5. The molecular weight excluding hydrogens is 356 g/mol. The molecule has 2 aliphatic carbocycles. The van der Waals surface area contributed by atoms with Crippen LogP contribution in [0.2, 0.25) is 5.02 Å². The molecule has 0 spiro atoms. The second-order valence-corrected chi connectivity index (χ2v) is 9.14. The zero-order valence-electron chi connectivity index (χ0n) is 16.3. The minimum absolute atomic E-state index is 0.701. The van der Waals surface area contributed by atoms with Crippen LogP contribution in [-0.4, -0.2) is 11.1 Å². The molecule has 2 nitrogen and oxygen atoms in total. The highest BCUT2D eigenvalue weighted by atomic mass is 35.5. The van der Waals surface area contributed by atoms with Gasteiger partial charge in [-0.05, 0) is 99.2 Å². The first-order chi connectivity index (χ1) is 13.1. The quantitative estimate of drug-likeness (QED) is 0.515. The van der Waals surface area contributed by atoms with Crippen molar-refractivity contribution in [2.75, 3.05) is 0 Å². The second kappa shape index (κ2) is 10.3. The minimum Gasteiger partial charge on any atom is -0.478 e. The van der Waals surface area contributed by atoms with Gasteiger partial charge in [-0.3, -0.25) is 0 Å². The summed E-state index contributed by atoms with van der Waals surface area (Å²) in [6.45, 7) is 0. The van der Waals surface area contributed by atoms with Crippen molar-refractivity contribution in [2.45, 2.75) is 70.6 Å². The standard InChI is InChI=1S/C24H33ClO2/c25-23-16-10-20(11-17-23)5-4-19-8-14-22(15-9-19)21-12-6-18(7-13-21)2-1-3-24(26)27/h1,3,10-11,16-19,21-22H,2,4-9,12-15H2,(H,26,27)/b3-1+. The molecule has 1 N–H and O–H groups in total. The molecule has 1 aromatic rings. The van der Waals surface area contributed by atoms with Gasteiger partial charge in [0.2, 0.25) is 0 Å². The third-order valence-electron chi connectivity index (χ3n) is 6.93. The highest BCUT2D eigenvalue weighted by Crippen LogP contribution is 2.42. The predicted octanol–water partition coefficient (Wildman–Crippen LogP) is 6.92. The Kier molecular flexibility index (Phi) is 7.81. The lowest BCUT2D eigenvalue weighted by atomic mass is 9.68. The third kappa shape index (κ3) is 6.68. The molecule has 0 heterocycles. The Hall–Kier alpha value is -1.28. The number of hydrogen-bond donors (Lipinski definition) is 1. The van der Waals surface area contributed by atoms with Crippen molar-refractivity contribution < 1.29 is 9.90 Å². The van der Waals surface area contributed by atoms with Crippen LogP contribution < -0.4 is 0 Å². The Labute approximate surface area is 169 Å². The molecule has 27 heavy (non-hydrogen) atoms. The number of carbonyl (C=O) groups is 1. The zero-order valence-corrected chi connectivity index (χ0v) is 17.0. The number of carboxylic acid groups (broad SMARTS) is 1. The van der Waals surface area contributed by atoms with Crippen LogP contribution in [0.5, 0.6) is 0 Å². The van der Waals surface area contributed by atoms with Crippen LogP contribution >= 0.6 is 11.6 Å². The van der Waals surface area contributed by atoms with Crippen LogP contribution in [0.15, 0.2) is 36.4 Å². The van der Waals surface area contributed by atoms with Gasteiger partial charge in [0.15, 0.2) is 0 Å². The number of halogens is 1. The Morgan fingerprint density at radius 1 is 0.926 bits per heavy atom. The summed E-state index contributed by atoms with van der Waals surface area (Å²) >= 11 is 5.97. The molecule has 0 aliphatic heterocycles. The van der Waals surface area contributed by atoms with Crippen LogP contribution in [0.4, 0.5) is 0 Å². The van der Waals surface area contributed by atoms with E-state index in [0.29, 0.717) is 5.92 Å². The van der Waals surface area contributed by atoms with Crippen molar-refractivity contribution in [3.8, 4) is 0 Å². The van der Waals surface area contributed by atoms with Gasteiger partial charge in [-0.25, -0.2) is 4.79 Å². The highest BCUT2D eigenvalue weighted by molar-refractivity contribution is 6.30. The fourth-order valence-corrected chi connectivity index (χ4v) is 5.35. The van der Waals surface area contributed by atoms with Gasteiger partial charge >= 0.3 is 5.97 Å². The molecule has 0 amide bonds. The number of allylic oxidation sites excluding steroid dienone is 1. The molecule has 148 valence electrons. The average molecular weight is 389 g/mol. The third-order valence-corrected chi connectivity index (χ3v) is 7.19. The summed E-state index contributed by atoms with van der Waals surface area (Å²) < 4.78 is 0. The van der Waals surface area contributed by atoms with E-state index in [1.807, 2.05) is 18.2 Å². The maximum atomic E-state index is 10.6. The molecule has 0 unspecified atom stereocenters. The minimum atomic E-state index is -0.823. The maximum absolute atomic E-state index is 10.6. The molecule has 0 bridgehead atoms. The summed E-state index contributed by atoms with van der Waals surface area (Å²) in [5, 5.41) is 9.52. The molecule has 0 saturated heterocycles. The Balaban J connectivity index is 1.33. The zero-order chi connectivity index (χ0) is 19.1. The van der Waals surface area contributed by atoms with E-state index in [9.17, 15) is 4.79 Å². The number of aliphatic carboxylic acids is 1. The van der Waals surface area contributed by atoms with Crippen LogP contribution in [0, 0.1) is 23.7 Å². The molecule has 3 rings (SSSR count).